The molecule has 1 heterocycles. The zero-order valence-corrected chi connectivity index (χ0v) is 13.5. The predicted octanol–water partition coefficient (Wildman–Crippen LogP) is 2.73. The van der Waals surface area contributed by atoms with Crippen LogP contribution in [-0.4, -0.2) is 25.8 Å². The average Bonchev–Trinajstić information content (AvgIpc) is 2.58. The third-order valence-electron chi connectivity index (χ3n) is 3.95. The lowest BCUT2D eigenvalue weighted by atomic mass is 10.1. The maximum absolute atomic E-state index is 5.90. The molecule has 23 heavy (non-hydrogen) atoms. The maximum atomic E-state index is 5.90. The molecule has 0 saturated heterocycles. The van der Waals surface area contributed by atoms with Crippen molar-refractivity contribution in [2.24, 2.45) is 0 Å². The van der Waals surface area contributed by atoms with Crippen molar-refractivity contribution in [2.45, 2.75) is 26.1 Å². The quantitative estimate of drug-likeness (QED) is 0.785. The van der Waals surface area contributed by atoms with Crippen LogP contribution < -0.4 is 20.1 Å². The highest BCUT2D eigenvalue weighted by Gasteiger charge is 2.09. The summed E-state index contributed by atoms with van der Waals surface area (Å²) in [5.74, 6) is 1.85. The molecular weight excluding hydrogens is 288 g/mol. The van der Waals surface area contributed by atoms with E-state index in [9.17, 15) is 0 Å². The van der Waals surface area contributed by atoms with Crippen LogP contribution in [0.25, 0.3) is 0 Å². The van der Waals surface area contributed by atoms with Crippen LogP contribution in [0, 0.1) is 0 Å². The van der Waals surface area contributed by atoms with E-state index in [0.29, 0.717) is 19.3 Å². The molecule has 0 aromatic heterocycles. The summed E-state index contributed by atoms with van der Waals surface area (Å²) in [4.78, 5) is 0. The van der Waals surface area contributed by atoms with E-state index in [-0.39, 0.29) is 0 Å². The zero-order chi connectivity index (χ0) is 15.9. The predicted molar refractivity (Wildman–Crippen MR) is 91.9 cm³/mol. The van der Waals surface area contributed by atoms with Crippen molar-refractivity contribution in [3.05, 3.63) is 59.7 Å². The normalized spacial score (nSPS) is 19.4. The van der Waals surface area contributed by atoms with Gasteiger partial charge < -0.3 is 20.1 Å². The molecule has 3 rings (SSSR count). The molecule has 4 nitrogen and oxygen atoms in total. The Morgan fingerprint density at radius 2 is 1.39 bits per heavy atom. The van der Waals surface area contributed by atoms with E-state index in [4.69, 9.17) is 9.47 Å². The summed E-state index contributed by atoms with van der Waals surface area (Å²) in [5, 5.41) is 7.04. The highest BCUT2D eigenvalue weighted by Crippen LogP contribution is 2.20. The summed E-state index contributed by atoms with van der Waals surface area (Å²) in [7, 11) is 0. The van der Waals surface area contributed by atoms with E-state index in [2.05, 4.69) is 29.7 Å². The second kappa shape index (κ2) is 7.99. The molecule has 0 radical (unpaired) electrons. The van der Waals surface area contributed by atoms with Gasteiger partial charge in [0, 0.05) is 36.8 Å². The van der Waals surface area contributed by atoms with Crippen LogP contribution in [0.2, 0.25) is 0 Å². The van der Waals surface area contributed by atoms with Gasteiger partial charge in [-0.3, -0.25) is 0 Å². The van der Waals surface area contributed by atoms with Gasteiger partial charge in [0.1, 0.15) is 24.7 Å². The standard InChI is InChI=1S/C19H24N2O2/c1-15-12-20-13-16-6-2-4-8-18(16)22-10-11-23-19-9-5-3-7-17(19)14-21-15/h2-9,15,20-21H,10-14H2,1H3. The topological polar surface area (TPSA) is 42.5 Å². The average molecular weight is 312 g/mol. The maximum Gasteiger partial charge on any atom is 0.123 e. The third kappa shape index (κ3) is 4.47. The summed E-state index contributed by atoms with van der Waals surface area (Å²) in [6.07, 6.45) is 0. The Balaban J connectivity index is 1.74. The van der Waals surface area contributed by atoms with Gasteiger partial charge in [-0.05, 0) is 19.1 Å². The largest absolute Gasteiger partial charge is 0.490 e. The zero-order valence-electron chi connectivity index (χ0n) is 13.5. The van der Waals surface area contributed by atoms with Gasteiger partial charge >= 0.3 is 0 Å². The van der Waals surface area contributed by atoms with Gasteiger partial charge in [0.05, 0.1) is 0 Å². The Hall–Kier alpha value is -2.04. The summed E-state index contributed by atoms with van der Waals surface area (Å²) >= 11 is 0. The van der Waals surface area contributed by atoms with Crippen molar-refractivity contribution in [1.29, 1.82) is 0 Å². The molecule has 2 aromatic carbocycles. The summed E-state index contributed by atoms with van der Waals surface area (Å²) < 4.78 is 11.8. The highest BCUT2D eigenvalue weighted by atomic mass is 16.5. The van der Waals surface area contributed by atoms with Crippen LogP contribution in [0.1, 0.15) is 18.1 Å². The van der Waals surface area contributed by atoms with Crippen molar-refractivity contribution in [2.75, 3.05) is 19.8 Å². The first-order valence-electron chi connectivity index (χ1n) is 8.18. The van der Waals surface area contributed by atoms with Crippen molar-refractivity contribution < 1.29 is 9.47 Å². The van der Waals surface area contributed by atoms with Crippen LogP contribution in [0.5, 0.6) is 11.5 Å². The number of benzene rings is 2. The van der Waals surface area contributed by atoms with Crippen molar-refractivity contribution in [3.8, 4) is 11.5 Å². The lowest BCUT2D eigenvalue weighted by Crippen LogP contribution is -2.36. The first kappa shape index (κ1) is 15.8. The Labute approximate surface area is 137 Å². The molecule has 0 aliphatic carbocycles. The lowest BCUT2D eigenvalue weighted by molar-refractivity contribution is 0.213. The second-order valence-corrected chi connectivity index (χ2v) is 5.83. The van der Waals surface area contributed by atoms with Gasteiger partial charge in [0.25, 0.3) is 0 Å². The number of hydrogen-bond donors (Lipinski definition) is 2. The minimum atomic E-state index is 0.374. The van der Waals surface area contributed by atoms with Crippen LogP contribution in [0.4, 0.5) is 0 Å². The van der Waals surface area contributed by atoms with Gasteiger partial charge in [0.2, 0.25) is 0 Å². The molecule has 1 aliphatic rings. The van der Waals surface area contributed by atoms with Crippen molar-refractivity contribution in [1.82, 2.24) is 10.6 Å². The molecule has 2 aromatic rings. The van der Waals surface area contributed by atoms with Crippen LogP contribution >= 0.6 is 0 Å². The Morgan fingerprint density at radius 3 is 2.04 bits per heavy atom. The highest BCUT2D eigenvalue weighted by molar-refractivity contribution is 5.34. The second-order valence-electron chi connectivity index (χ2n) is 5.83. The fourth-order valence-corrected chi connectivity index (χ4v) is 2.66. The summed E-state index contributed by atoms with van der Waals surface area (Å²) in [6.45, 7) is 5.77. The molecule has 0 amide bonds. The number of ether oxygens (including phenoxy) is 2. The van der Waals surface area contributed by atoms with E-state index in [1.807, 2.05) is 36.4 Å². The van der Waals surface area contributed by atoms with E-state index in [1.165, 1.54) is 11.1 Å². The molecule has 0 spiro atoms. The van der Waals surface area contributed by atoms with E-state index in [1.54, 1.807) is 0 Å². The Bertz CT molecular complexity index is 630. The van der Waals surface area contributed by atoms with Gasteiger partial charge in [-0.25, -0.2) is 0 Å². The molecule has 0 fully saturated rings. The molecule has 0 bridgehead atoms. The Kier molecular flexibility index (Phi) is 5.51. The van der Waals surface area contributed by atoms with E-state index < -0.39 is 0 Å². The van der Waals surface area contributed by atoms with Gasteiger partial charge in [-0.15, -0.1) is 0 Å². The molecule has 1 unspecified atom stereocenters. The SMILES string of the molecule is CC1CNCc2ccccc2OCCOc2ccccc2CN1. The molecular formula is C19H24N2O2. The van der Waals surface area contributed by atoms with Crippen molar-refractivity contribution >= 4 is 0 Å². The van der Waals surface area contributed by atoms with E-state index in [0.717, 1.165) is 31.1 Å². The fraction of sp³-hybridized carbons (Fsp3) is 0.368. The molecule has 2 N–H and O–H groups in total. The van der Waals surface area contributed by atoms with Crippen LogP contribution in [0.3, 0.4) is 0 Å². The fourth-order valence-electron chi connectivity index (χ4n) is 2.66. The molecule has 1 aliphatic heterocycles. The first-order valence-corrected chi connectivity index (χ1v) is 8.18. The minimum absolute atomic E-state index is 0.374. The smallest absolute Gasteiger partial charge is 0.123 e. The van der Waals surface area contributed by atoms with Crippen LogP contribution in [0.15, 0.2) is 48.5 Å². The molecule has 1 atom stereocenters. The Morgan fingerprint density at radius 1 is 0.826 bits per heavy atom. The van der Waals surface area contributed by atoms with Crippen LogP contribution in [-0.2, 0) is 13.1 Å². The van der Waals surface area contributed by atoms with Gasteiger partial charge in [-0.2, -0.15) is 0 Å². The van der Waals surface area contributed by atoms with E-state index >= 15 is 0 Å². The van der Waals surface area contributed by atoms with Gasteiger partial charge in [0.15, 0.2) is 0 Å². The number of para-hydroxylation sites is 2. The number of fused-ring (bicyclic) bond motifs is 2. The summed E-state index contributed by atoms with van der Waals surface area (Å²) in [5.41, 5.74) is 2.36. The number of rotatable bonds is 0. The minimum Gasteiger partial charge on any atom is -0.490 e. The van der Waals surface area contributed by atoms with Crippen molar-refractivity contribution in [3.63, 3.8) is 0 Å². The number of hydrogen-bond acceptors (Lipinski definition) is 4. The summed E-state index contributed by atoms with van der Waals surface area (Å²) in [6, 6.07) is 16.7. The molecule has 4 heteroatoms. The third-order valence-corrected chi connectivity index (χ3v) is 3.95. The molecule has 122 valence electrons. The molecule has 0 saturated carbocycles. The monoisotopic (exact) mass is 312 g/mol. The lowest BCUT2D eigenvalue weighted by Gasteiger charge is -2.19. The first-order chi connectivity index (χ1) is 11.3. The van der Waals surface area contributed by atoms with Gasteiger partial charge in [-0.1, -0.05) is 36.4 Å². The number of nitrogens with one attached hydrogen (secondary N) is 2.